The fraction of sp³-hybridized carbons (Fsp3) is 0.769. The predicted molar refractivity (Wildman–Crippen MR) is 77.8 cm³/mol. The molecule has 0 fully saturated rings. The van der Waals surface area contributed by atoms with Crippen LogP contribution in [-0.4, -0.2) is 35.2 Å². The summed E-state index contributed by atoms with van der Waals surface area (Å²) in [6, 6.07) is 1.92. The van der Waals surface area contributed by atoms with Gasteiger partial charge in [0.05, 0.1) is 18.0 Å². The number of aryl methyl sites for hydroxylation is 1. The van der Waals surface area contributed by atoms with Crippen molar-refractivity contribution in [3.63, 3.8) is 0 Å². The molecule has 0 radical (unpaired) electrons. The third-order valence-corrected chi connectivity index (χ3v) is 4.48. The minimum absolute atomic E-state index is 0.0498. The van der Waals surface area contributed by atoms with Gasteiger partial charge in [0.25, 0.3) is 0 Å². The lowest BCUT2D eigenvalue weighted by atomic mass is 10.1. The minimum atomic E-state index is -2.93. The molecule has 0 saturated heterocycles. The van der Waals surface area contributed by atoms with Crippen LogP contribution in [0.1, 0.15) is 39.8 Å². The van der Waals surface area contributed by atoms with Crippen LogP contribution in [0.25, 0.3) is 0 Å². The smallest absolute Gasteiger partial charge is 0.152 e. The van der Waals surface area contributed by atoms with Crippen LogP contribution in [0.4, 0.5) is 0 Å². The lowest BCUT2D eigenvalue weighted by Gasteiger charge is -2.19. The minimum Gasteiger partial charge on any atom is -0.306 e. The fourth-order valence-corrected chi connectivity index (χ4v) is 2.92. The highest BCUT2D eigenvalue weighted by Crippen LogP contribution is 2.03. The first-order valence-corrected chi connectivity index (χ1v) is 8.52. The van der Waals surface area contributed by atoms with Gasteiger partial charge in [0, 0.05) is 24.0 Å². The monoisotopic (exact) mass is 287 g/mol. The highest BCUT2D eigenvalue weighted by Gasteiger charge is 2.11. The summed E-state index contributed by atoms with van der Waals surface area (Å²) in [6.07, 6.45) is 2.50. The molecule has 0 saturated carbocycles. The van der Waals surface area contributed by atoms with Gasteiger partial charge in [0.15, 0.2) is 9.84 Å². The van der Waals surface area contributed by atoms with E-state index < -0.39 is 9.84 Å². The van der Waals surface area contributed by atoms with Crippen LogP contribution < -0.4 is 5.32 Å². The van der Waals surface area contributed by atoms with Gasteiger partial charge < -0.3 is 5.32 Å². The molecule has 0 aliphatic rings. The third kappa shape index (κ3) is 6.73. The zero-order chi connectivity index (χ0) is 14.5. The van der Waals surface area contributed by atoms with Gasteiger partial charge in [-0.3, -0.25) is 4.68 Å². The Balaban J connectivity index is 2.47. The Morgan fingerprint density at radius 1 is 1.32 bits per heavy atom. The van der Waals surface area contributed by atoms with Crippen molar-refractivity contribution >= 4 is 9.84 Å². The second-order valence-corrected chi connectivity index (χ2v) is 8.13. The van der Waals surface area contributed by atoms with Crippen LogP contribution in [-0.2, 0) is 22.9 Å². The maximum atomic E-state index is 11.6. The molecule has 0 spiro atoms. The summed E-state index contributed by atoms with van der Waals surface area (Å²) in [5, 5.41) is 7.72. The zero-order valence-corrected chi connectivity index (χ0v) is 13.1. The van der Waals surface area contributed by atoms with Gasteiger partial charge >= 0.3 is 0 Å². The quantitative estimate of drug-likeness (QED) is 0.827. The van der Waals surface area contributed by atoms with E-state index in [1.807, 2.05) is 19.2 Å². The van der Waals surface area contributed by atoms with Crippen molar-refractivity contribution in [2.75, 3.05) is 11.5 Å². The van der Waals surface area contributed by atoms with E-state index in [1.165, 1.54) is 0 Å². The van der Waals surface area contributed by atoms with Gasteiger partial charge in [-0.15, -0.1) is 0 Å². The first-order valence-electron chi connectivity index (χ1n) is 6.69. The summed E-state index contributed by atoms with van der Waals surface area (Å²) in [5.41, 5.74) is 0.983. The van der Waals surface area contributed by atoms with Crippen LogP contribution in [0.3, 0.4) is 0 Å². The van der Waals surface area contributed by atoms with Crippen LogP contribution in [0.2, 0.25) is 0 Å². The lowest BCUT2D eigenvalue weighted by molar-refractivity contribution is 0.419. The topological polar surface area (TPSA) is 64.0 Å². The number of nitrogens with zero attached hydrogens (tertiary/aromatic N) is 2. The van der Waals surface area contributed by atoms with Crippen LogP contribution in [0.5, 0.6) is 0 Å². The van der Waals surface area contributed by atoms with Crippen molar-refractivity contribution < 1.29 is 8.42 Å². The van der Waals surface area contributed by atoms with Crippen LogP contribution in [0.15, 0.2) is 12.3 Å². The molecule has 0 bridgehead atoms. The van der Waals surface area contributed by atoms with E-state index in [0.717, 1.165) is 5.69 Å². The molecule has 1 heterocycles. The Kier molecular flexibility index (Phi) is 5.55. The lowest BCUT2D eigenvalue weighted by Crippen LogP contribution is -2.35. The first-order chi connectivity index (χ1) is 8.72. The van der Waals surface area contributed by atoms with E-state index in [1.54, 1.807) is 4.68 Å². The van der Waals surface area contributed by atoms with E-state index >= 15 is 0 Å². The van der Waals surface area contributed by atoms with Crippen molar-refractivity contribution in [3.05, 3.63) is 18.0 Å². The van der Waals surface area contributed by atoms with E-state index in [4.69, 9.17) is 0 Å². The average molecular weight is 287 g/mol. The Bertz CT molecular complexity index is 486. The van der Waals surface area contributed by atoms with E-state index in [-0.39, 0.29) is 17.0 Å². The van der Waals surface area contributed by atoms with Crippen molar-refractivity contribution in [3.8, 4) is 0 Å². The Labute approximate surface area is 116 Å². The molecule has 1 aromatic heterocycles. The molecule has 110 valence electrons. The maximum absolute atomic E-state index is 11.6. The molecule has 0 amide bonds. The molecule has 1 N–H and O–H groups in total. The van der Waals surface area contributed by atoms with Crippen LogP contribution >= 0.6 is 0 Å². The molecule has 5 nitrogen and oxygen atoms in total. The van der Waals surface area contributed by atoms with E-state index in [0.29, 0.717) is 19.5 Å². The summed E-state index contributed by atoms with van der Waals surface area (Å²) >= 11 is 0. The second-order valence-electron chi connectivity index (χ2n) is 5.83. The van der Waals surface area contributed by atoms with Gasteiger partial charge in [0.1, 0.15) is 0 Å². The first kappa shape index (κ1) is 16.2. The average Bonchev–Trinajstić information content (AvgIpc) is 2.71. The fourth-order valence-electron chi connectivity index (χ4n) is 1.62. The number of sulfone groups is 1. The van der Waals surface area contributed by atoms with Gasteiger partial charge in [-0.1, -0.05) is 6.92 Å². The molecule has 0 atom stereocenters. The number of hydrogen-bond donors (Lipinski definition) is 1. The molecule has 0 aliphatic carbocycles. The largest absolute Gasteiger partial charge is 0.306 e. The zero-order valence-electron chi connectivity index (χ0n) is 12.3. The predicted octanol–water partition coefficient (Wildman–Crippen LogP) is 1.60. The number of hydrogen-bond acceptors (Lipinski definition) is 4. The molecular formula is C13H25N3O2S. The summed E-state index contributed by atoms with van der Waals surface area (Å²) in [7, 11) is -2.93. The maximum Gasteiger partial charge on any atom is 0.152 e. The van der Waals surface area contributed by atoms with Gasteiger partial charge in [-0.2, -0.15) is 5.10 Å². The standard InChI is InChI=1S/C13H25N3O2S/c1-5-9-19(17,18)10-8-16-7-6-12(15-16)11-14-13(2,3)4/h6-7,14H,5,8-11H2,1-4H3. The van der Waals surface area contributed by atoms with Crippen LogP contribution in [0, 0.1) is 0 Å². The molecule has 0 aliphatic heterocycles. The number of nitrogens with one attached hydrogen (secondary N) is 1. The SMILES string of the molecule is CCCS(=O)(=O)CCn1ccc(CNC(C)(C)C)n1. The molecule has 1 aromatic rings. The van der Waals surface area contributed by atoms with Gasteiger partial charge in [0.2, 0.25) is 0 Å². The number of aromatic nitrogens is 2. The Hall–Kier alpha value is -0.880. The number of rotatable bonds is 7. The van der Waals surface area contributed by atoms with Gasteiger partial charge in [-0.05, 0) is 33.3 Å². The molecule has 6 heteroatoms. The summed E-state index contributed by atoms with van der Waals surface area (Å²) in [5.74, 6) is 0.418. The highest BCUT2D eigenvalue weighted by atomic mass is 32.2. The van der Waals surface area contributed by atoms with Crippen molar-refractivity contribution in [2.45, 2.75) is 52.7 Å². The Morgan fingerprint density at radius 3 is 2.58 bits per heavy atom. The van der Waals surface area contributed by atoms with Gasteiger partial charge in [-0.25, -0.2) is 8.42 Å². The molecule has 19 heavy (non-hydrogen) atoms. The summed E-state index contributed by atoms with van der Waals surface area (Å²) in [6.45, 7) is 9.29. The summed E-state index contributed by atoms with van der Waals surface area (Å²) in [4.78, 5) is 0. The third-order valence-electron chi connectivity index (χ3n) is 2.64. The van der Waals surface area contributed by atoms with E-state index in [2.05, 4.69) is 31.2 Å². The normalized spacial score (nSPS) is 12.8. The summed E-state index contributed by atoms with van der Waals surface area (Å²) < 4.78 is 24.9. The molecule has 0 unspecified atom stereocenters. The molecule has 1 rings (SSSR count). The second kappa shape index (κ2) is 6.52. The molecular weight excluding hydrogens is 262 g/mol. The van der Waals surface area contributed by atoms with E-state index in [9.17, 15) is 8.42 Å². The van der Waals surface area contributed by atoms with Crippen molar-refractivity contribution in [1.29, 1.82) is 0 Å². The van der Waals surface area contributed by atoms with Crippen molar-refractivity contribution in [2.24, 2.45) is 0 Å². The highest BCUT2D eigenvalue weighted by molar-refractivity contribution is 7.91. The Morgan fingerprint density at radius 2 is 2.00 bits per heavy atom. The van der Waals surface area contributed by atoms with Crippen molar-refractivity contribution in [1.82, 2.24) is 15.1 Å². The molecule has 0 aromatic carbocycles.